The Morgan fingerprint density at radius 3 is 2.57 bits per heavy atom. The summed E-state index contributed by atoms with van der Waals surface area (Å²) < 4.78 is 30.1. The molecule has 0 aliphatic heterocycles. The Bertz CT molecular complexity index is 899. The Kier molecular flexibility index (Phi) is 3.91. The number of rotatable bonds is 5. The third kappa shape index (κ3) is 3.26. The first kappa shape index (κ1) is 15.3. The van der Waals surface area contributed by atoms with Crippen LogP contribution in [0, 0.1) is 0 Å². The fourth-order valence-corrected chi connectivity index (χ4v) is 3.23. The molecule has 120 valence electrons. The molecule has 0 saturated heterocycles. The van der Waals surface area contributed by atoms with Crippen molar-refractivity contribution < 1.29 is 8.42 Å². The second-order valence-electron chi connectivity index (χ2n) is 5.23. The number of hydrogen-bond donors (Lipinski definition) is 1. The van der Waals surface area contributed by atoms with E-state index in [1.807, 2.05) is 37.3 Å². The summed E-state index contributed by atoms with van der Waals surface area (Å²) in [5.74, 6) is 0. The van der Waals surface area contributed by atoms with Crippen LogP contribution in [-0.2, 0) is 17.1 Å². The minimum atomic E-state index is -3.70. The van der Waals surface area contributed by atoms with E-state index in [1.54, 1.807) is 24.1 Å². The number of benzene rings is 1. The lowest BCUT2D eigenvalue weighted by Gasteiger charge is -2.12. The molecule has 0 saturated carbocycles. The maximum Gasteiger partial charge on any atom is 0.281 e. The van der Waals surface area contributed by atoms with E-state index in [2.05, 4.69) is 14.9 Å². The highest BCUT2D eigenvalue weighted by molar-refractivity contribution is 7.92. The molecule has 0 aliphatic rings. The second kappa shape index (κ2) is 5.88. The predicted molar refractivity (Wildman–Crippen MR) is 86.5 cm³/mol. The third-order valence-electron chi connectivity index (χ3n) is 3.50. The van der Waals surface area contributed by atoms with Crippen molar-refractivity contribution in [1.29, 1.82) is 0 Å². The molecule has 23 heavy (non-hydrogen) atoms. The Morgan fingerprint density at radius 2 is 1.91 bits per heavy atom. The van der Waals surface area contributed by atoms with Gasteiger partial charge in [0.05, 0.1) is 17.9 Å². The van der Waals surface area contributed by atoms with Gasteiger partial charge in [-0.3, -0.25) is 14.1 Å². The lowest BCUT2D eigenvalue weighted by Crippen LogP contribution is -2.13. The Balaban J connectivity index is 1.80. The zero-order valence-corrected chi connectivity index (χ0v) is 13.6. The molecule has 2 aromatic heterocycles. The van der Waals surface area contributed by atoms with Crippen LogP contribution in [0.5, 0.6) is 0 Å². The van der Waals surface area contributed by atoms with Crippen molar-refractivity contribution in [2.75, 3.05) is 4.72 Å². The topological polar surface area (TPSA) is 81.8 Å². The van der Waals surface area contributed by atoms with E-state index in [-0.39, 0.29) is 11.1 Å². The average Bonchev–Trinajstić information content (AvgIpc) is 3.16. The standard InChI is InChI=1S/C15H17N5O2S/c1-12(13-6-4-3-5-7-13)20-11-14(10-16-20)18-23(21,22)15-8-9-19(2)17-15/h3-12,18H,1-2H3. The Morgan fingerprint density at radius 1 is 1.17 bits per heavy atom. The predicted octanol–water partition coefficient (Wildman–Crippen LogP) is 2.03. The van der Waals surface area contributed by atoms with E-state index in [4.69, 9.17) is 0 Å². The van der Waals surface area contributed by atoms with E-state index < -0.39 is 10.0 Å². The van der Waals surface area contributed by atoms with Gasteiger partial charge in [0.2, 0.25) is 0 Å². The van der Waals surface area contributed by atoms with Gasteiger partial charge in [-0.15, -0.1) is 0 Å². The van der Waals surface area contributed by atoms with Crippen LogP contribution in [0.3, 0.4) is 0 Å². The number of nitrogens with one attached hydrogen (secondary N) is 1. The van der Waals surface area contributed by atoms with Gasteiger partial charge in [-0.25, -0.2) is 0 Å². The van der Waals surface area contributed by atoms with Crippen molar-refractivity contribution in [2.45, 2.75) is 18.0 Å². The summed E-state index contributed by atoms with van der Waals surface area (Å²) in [5, 5.41) is 8.12. The first-order chi connectivity index (χ1) is 11.0. The van der Waals surface area contributed by atoms with Crippen molar-refractivity contribution in [1.82, 2.24) is 19.6 Å². The Hall–Kier alpha value is -2.61. The molecule has 3 aromatic rings. The number of hydrogen-bond acceptors (Lipinski definition) is 4. The average molecular weight is 331 g/mol. The summed E-state index contributed by atoms with van der Waals surface area (Å²) in [6.45, 7) is 2.00. The van der Waals surface area contributed by atoms with Crippen LogP contribution < -0.4 is 4.72 Å². The number of anilines is 1. The number of sulfonamides is 1. The SMILES string of the molecule is CC(c1ccccc1)n1cc(NS(=O)(=O)c2ccn(C)n2)cn1. The molecule has 0 spiro atoms. The Labute approximate surface area is 134 Å². The van der Waals surface area contributed by atoms with E-state index in [9.17, 15) is 8.42 Å². The molecule has 1 aromatic carbocycles. The summed E-state index contributed by atoms with van der Waals surface area (Å²) in [7, 11) is -2.04. The van der Waals surface area contributed by atoms with Gasteiger partial charge in [-0.1, -0.05) is 30.3 Å². The van der Waals surface area contributed by atoms with Gasteiger partial charge in [0.25, 0.3) is 10.0 Å². The molecule has 1 N–H and O–H groups in total. The normalized spacial score (nSPS) is 13.0. The lowest BCUT2D eigenvalue weighted by molar-refractivity contribution is 0.564. The first-order valence-corrected chi connectivity index (χ1v) is 8.55. The third-order valence-corrected chi connectivity index (χ3v) is 4.77. The minimum absolute atomic E-state index is 0.00399. The zero-order valence-electron chi connectivity index (χ0n) is 12.8. The molecule has 1 atom stereocenters. The van der Waals surface area contributed by atoms with Crippen molar-refractivity contribution in [3.05, 3.63) is 60.6 Å². The van der Waals surface area contributed by atoms with Crippen LogP contribution in [-0.4, -0.2) is 28.0 Å². The minimum Gasteiger partial charge on any atom is -0.275 e. The van der Waals surface area contributed by atoms with Crippen LogP contribution in [0.2, 0.25) is 0 Å². The number of nitrogens with zero attached hydrogens (tertiary/aromatic N) is 4. The van der Waals surface area contributed by atoms with Gasteiger partial charge in [0.15, 0.2) is 5.03 Å². The summed E-state index contributed by atoms with van der Waals surface area (Å²) in [6.07, 6.45) is 4.73. The summed E-state index contributed by atoms with van der Waals surface area (Å²) in [5.41, 5.74) is 1.49. The zero-order chi connectivity index (χ0) is 16.4. The molecule has 7 nitrogen and oxygen atoms in total. The molecule has 2 heterocycles. The van der Waals surface area contributed by atoms with Crippen LogP contribution in [0.25, 0.3) is 0 Å². The molecule has 0 aliphatic carbocycles. The fraction of sp³-hybridized carbons (Fsp3) is 0.200. The van der Waals surface area contributed by atoms with Crippen molar-refractivity contribution in [3.8, 4) is 0 Å². The van der Waals surface area contributed by atoms with Crippen LogP contribution in [0.4, 0.5) is 5.69 Å². The van der Waals surface area contributed by atoms with Gasteiger partial charge in [-0.2, -0.15) is 18.6 Å². The fourth-order valence-electron chi connectivity index (χ4n) is 2.23. The highest BCUT2D eigenvalue weighted by atomic mass is 32.2. The van der Waals surface area contributed by atoms with Crippen LogP contribution >= 0.6 is 0 Å². The second-order valence-corrected chi connectivity index (χ2v) is 6.86. The van der Waals surface area contributed by atoms with E-state index in [0.29, 0.717) is 5.69 Å². The van der Waals surface area contributed by atoms with Gasteiger partial charge in [0, 0.05) is 19.4 Å². The molecule has 0 fully saturated rings. The lowest BCUT2D eigenvalue weighted by atomic mass is 10.1. The van der Waals surface area contributed by atoms with Gasteiger partial charge < -0.3 is 0 Å². The van der Waals surface area contributed by atoms with E-state index >= 15 is 0 Å². The monoisotopic (exact) mass is 331 g/mol. The van der Waals surface area contributed by atoms with Gasteiger partial charge in [-0.05, 0) is 18.6 Å². The maximum absolute atomic E-state index is 12.2. The largest absolute Gasteiger partial charge is 0.281 e. The summed E-state index contributed by atoms with van der Waals surface area (Å²) in [6, 6.07) is 11.3. The summed E-state index contributed by atoms with van der Waals surface area (Å²) >= 11 is 0. The highest BCUT2D eigenvalue weighted by Crippen LogP contribution is 2.20. The van der Waals surface area contributed by atoms with Gasteiger partial charge in [0.1, 0.15) is 0 Å². The van der Waals surface area contributed by atoms with Crippen molar-refractivity contribution in [3.63, 3.8) is 0 Å². The number of aryl methyl sites for hydroxylation is 1. The smallest absolute Gasteiger partial charge is 0.275 e. The van der Waals surface area contributed by atoms with Crippen molar-refractivity contribution in [2.24, 2.45) is 7.05 Å². The quantitative estimate of drug-likeness (QED) is 0.775. The molecular weight excluding hydrogens is 314 g/mol. The number of aromatic nitrogens is 4. The maximum atomic E-state index is 12.2. The van der Waals surface area contributed by atoms with Gasteiger partial charge >= 0.3 is 0 Å². The molecule has 0 bridgehead atoms. The molecule has 1 unspecified atom stereocenters. The molecule has 0 amide bonds. The molecule has 8 heteroatoms. The summed E-state index contributed by atoms with van der Waals surface area (Å²) in [4.78, 5) is 0. The molecule has 0 radical (unpaired) electrons. The molecule has 3 rings (SSSR count). The van der Waals surface area contributed by atoms with Crippen molar-refractivity contribution >= 4 is 15.7 Å². The van der Waals surface area contributed by atoms with Crippen LogP contribution in [0.1, 0.15) is 18.5 Å². The molecular formula is C15H17N5O2S. The van der Waals surface area contributed by atoms with E-state index in [1.165, 1.54) is 16.9 Å². The highest BCUT2D eigenvalue weighted by Gasteiger charge is 2.18. The first-order valence-electron chi connectivity index (χ1n) is 7.07. The van der Waals surface area contributed by atoms with E-state index in [0.717, 1.165) is 5.56 Å². The van der Waals surface area contributed by atoms with Crippen LogP contribution in [0.15, 0.2) is 60.0 Å².